The van der Waals surface area contributed by atoms with Gasteiger partial charge in [-0.3, -0.25) is 0 Å². The molecule has 1 radical (unpaired) electrons. The van der Waals surface area contributed by atoms with Crippen LogP contribution in [-0.4, -0.2) is 0 Å². The summed E-state index contributed by atoms with van der Waals surface area (Å²) in [5, 5.41) is 0. The number of benzene rings is 1. The molecule has 0 N–H and O–H groups in total. The maximum atomic E-state index is 4.93. The molecule has 0 aromatic heterocycles. The van der Waals surface area contributed by atoms with Crippen LogP contribution >= 0.6 is 17.0 Å². The van der Waals surface area contributed by atoms with E-state index in [1.165, 1.54) is 23.1 Å². The summed E-state index contributed by atoms with van der Waals surface area (Å²) in [6, 6.07) is 8.56. The Labute approximate surface area is 117 Å². The molecule has 0 nitrogen and oxygen atoms in total. The fraction of sp³-hybridized carbons (Fsp3) is 0.308. The molecule has 1 aromatic rings. The Morgan fingerprint density at radius 2 is 1.69 bits per heavy atom. The minimum absolute atomic E-state index is 0.747. The number of hydrogen-bond acceptors (Lipinski definition) is 0. The first-order chi connectivity index (χ1) is 7.67. The summed E-state index contributed by atoms with van der Waals surface area (Å²) >= 11 is -0.826. The van der Waals surface area contributed by atoms with Crippen LogP contribution in [0.25, 0.3) is 6.08 Å². The van der Waals surface area contributed by atoms with Gasteiger partial charge in [-0.05, 0) is 23.5 Å². The first-order valence-electron chi connectivity index (χ1n) is 5.28. The molecule has 0 fully saturated rings. The quantitative estimate of drug-likeness (QED) is 0.710. The molecule has 1 aliphatic carbocycles. The van der Waals surface area contributed by atoms with Crippen molar-refractivity contribution >= 4 is 23.1 Å². The third-order valence-electron chi connectivity index (χ3n) is 2.32. The Kier molecular flexibility index (Phi) is 6.96. The van der Waals surface area contributed by atoms with Gasteiger partial charge in [0.15, 0.2) is 0 Å². The van der Waals surface area contributed by atoms with Crippen molar-refractivity contribution < 1.29 is 20.8 Å². The first-order valence-corrected chi connectivity index (χ1v) is 11.6. The Morgan fingerprint density at radius 3 is 2.19 bits per heavy atom. The number of hydrogen-bond donors (Lipinski definition) is 0. The molecule has 1 aromatic carbocycles. The van der Waals surface area contributed by atoms with E-state index >= 15 is 0 Å². The van der Waals surface area contributed by atoms with Gasteiger partial charge in [0.25, 0.3) is 0 Å². The van der Waals surface area contributed by atoms with Gasteiger partial charge in [-0.2, -0.15) is 0 Å². The van der Waals surface area contributed by atoms with Gasteiger partial charge >= 0.3 is 37.9 Å². The van der Waals surface area contributed by atoms with Gasteiger partial charge in [-0.15, -0.1) is 0 Å². The molecule has 0 saturated carbocycles. The Hall–Kier alpha value is 0.423. The monoisotopic (exact) mass is 331 g/mol. The predicted molar refractivity (Wildman–Crippen MR) is 69.0 cm³/mol. The van der Waals surface area contributed by atoms with Gasteiger partial charge in [0.1, 0.15) is 0 Å². The molecule has 0 atom stereocenters. The third-order valence-corrected chi connectivity index (χ3v) is 2.32. The zero-order valence-electron chi connectivity index (χ0n) is 9.50. The van der Waals surface area contributed by atoms with Crippen molar-refractivity contribution in [1.82, 2.24) is 0 Å². The van der Waals surface area contributed by atoms with E-state index in [-0.39, 0.29) is 0 Å². The standard InChI is InChI=1S/C13H15.2ClH.Zr/c1-10(2)7-11-8-12-5-3-4-6-13(12)9-11;;;/h3-6,8-10H,7H2,1-2H3;2*1H;/q;;;+2/p-2. The normalized spacial score (nSPS) is 12.7. The molecule has 0 bridgehead atoms. The van der Waals surface area contributed by atoms with Crippen LogP contribution in [0.3, 0.4) is 0 Å². The molecule has 0 amide bonds. The fourth-order valence-electron chi connectivity index (χ4n) is 1.80. The topological polar surface area (TPSA) is 0 Å². The Balaban J connectivity index is 0.000000386. The van der Waals surface area contributed by atoms with E-state index in [9.17, 15) is 0 Å². The summed E-state index contributed by atoms with van der Waals surface area (Å²) in [4.78, 5) is 0. The van der Waals surface area contributed by atoms with Gasteiger partial charge in [0, 0.05) is 6.42 Å². The van der Waals surface area contributed by atoms with Crippen molar-refractivity contribution in [2.24, 2.45) is 5.92 Å². The average Bonchev–Trinajstić information content (AvgIpc) is 2.59. The number of halogens is 2. The second kappa shape index (κ2) is 7.69. The summed E-state index contributed by atoms with van der Waals surface area (Å²) in [7, 11) is 9.87. The number of rotatable bonds is 2. The van der Waals surface area contributed by atoms with Gasteiger partial charge in [0.2, 0.25) is 0 Å². The van der Waals surface area contributed by atoms with E-state index in [0.717, 1.165) is 5.92 Å². The zero-order valence-corrected chi connectivity index (χ0v) is 13.5. The molecule has 0 spiro atoms. The van der Waals surface area contributed by atoms with E-state index in [4.69, 9.17) is 17.0 Å². The minimum atomic E-state index is -0.826. The van der Waals surface area contributed by atoms with E-state index in [2.05, 4.69) is 50.6 Å². The number of fused-ring (bicyclic) bond motifs is 1. The van der Waals surface area contributed by atoms with Gasteiger partial charge in [-0.25, -0.2) is 0 Å². The van der Waals surface area contributed by atoms with Crippen molar-refractivity contribution in [3.8, 4) is 0 Å². The summed E-state index contributed by atoms with van der Waals surface area (Å²) in [6.07, 6.45) is 5.79. The van der Waals surface area contributed by atoms with Crippen LogP contribution in [0, 0.1) is 12.3 Å². The molecule has 0 heterocycles. The van der Waals surface area contributed by atoms with E-state index < -0.39 is 20.8 Å². The Bertz CT molecular complexity index is 359. The molecule has 16 heavy (non-hydrogen) atoms. The van der Waals surface area contributed by atoms with Gasteiger partial charge in [0.05, 0.1) is 0 Å². The van der Waals surface area contributed by atoms with Gasteiger partial charge < -0.3 is 0 Å². The molecule has 0 unspecified atom stereocenters. The molecule has 0 aliphatic heterocycles. The van der Waals surface area contributed by atoms with Crippen molar-refractivity contribution in [2.45, 2.75) is 20.3 Å². The van der Waals surface area contributed by atoms with Crippen LogP contribution < -0.4 is 0 Å². The van der Waals surface area contributed by atoms with Crippen LogP contribution in [0.1, 0.15) is 31.4 Å². The van der Waals surface area contributed by atoms with Crippen molar-refractivity contribution in [1.29, 1.82) is 0 Å². The van der Waals surface area contributed by atoms with E-state index in [0.29, 0.717) is 0 Å². The van der Waals surface area contributed by atoms with E-state index in [1.54, 1.807) is 0 Å². The van der Waals surface area contributed by atoms with Crippen LogP contribution in [0.5, 0.6) is 0 Å². The van der Waals surface area contributed by atoms with Crippen LogP contribution in [0.2, 0.25) is 0 Å². The molecular formula is C13H15Cl2Zr. The van der Waals surface area contributed by atoms with Crippen LogP contribution in [0.4, 0.5) is 0 Å². The van der Waals surface area contributed by atoms with Gasteiger partial charge in [-0.1, -0.05) is 49.8 Å². The molecule has 3 heteroatoms. The first kappa shape index (κ1) is 14.5. The summed E-state index contributed by atoms with van der Waals surface area (Å²) in [5.41, 5.74) is 4.22. The number of allylic oxidation sites excluding steroid dienone is 1. The van der Waals surface area contributed by atoms with Crippen LogP contribution in [0.15, 0.2) is 29.8 Å². The molecule has 1 aliphatic rings. The molecule has 85 valence electrons. The second-order valence-electron chi connectivity index (χ2n) is 4.16. The SMILES string of the molecule is CC(C)CC1=Cc2ccccc2[CH]1.[Cl][Zr][Cl]. The van der Waals surface area contributed by atoms with E-state index in [1.807, 2.05) is 0 Å². The third kappa shape index (κ3) is 4.74. The summed E-state index contributed by atoms with van der Waals surface area (Å²) in [6.45, 7) is 4.52. The van der Waals surface area contributed by atoms with Crippen LogP contribution in [-0.2, 0) is 20.8 Å². The Morgan fingerprint density at radius 1 is 1.12 bits per heavy atom. The molecule has 0 saturated heterocycles. The van der Waals surface area contributed by atoms with Crippen molar-refractivity contribution in [3.63, 3.8) is 0 Å². The maximum absolute atomic E-state index is 4.93. The second-order valence-corrected chi connectivity index (χ2v) is 7.89. The summed E-state index contributed by atoms with van der Waals surface area (Å²) in [5.74, 6) is 0.747. The van der Waals surface area contributed by atoms with Crippen molar-refractivity contribution in [3.05, 3.63) is 47.4 Å². The molecular weight excluding hydrogens is 318 g/mol. The zero-order chi connectivity index (χ0) is 12.0. The average molecular weight is 333 g/mol. The molecule has 2 rings (SSSR count). The summed E-state index contributed by atoms with van der Waals surface area (Å²) < 4.78 is 0. The fourth-order valence-corrected chi connectivity index (χ4v) is 1.80. The predicted octanol–water partition coefficient (Wildman–Crippen LogP) is 5.06. The van der Waals surface area contributed by atoms with Crippen molar-refractivity contribution in [2.75, 3.05) is 0 Å².